The maximum Gasteiger partial charge on any atom is 0.267 e. The van der Waals surface area contributed by atoms with E-state index in [1.165, 1.54) is 23.6 Å². The van der Waals surface area contributed by atoms with Crippen LogP contribution in [0, 0.1) is 0 Å². The molecule has 2 amide bonds. The number of nitrogens with zero attached hydrogens (tertiary/aromatic N) is 1. The minimum Gasteiger partial charge on any atom is -0.329 e. The largest absolute Gasteiger partial charge is 0.329 e. The van der Waals surface area contributed by atoms with E-state index in [0.717, 1.165) is 5.56 Å². The molecule has 0 radical (unpaired) electrons. The topological polar surface area (TPSA) is 131 Å². The van der Waals surface area contributed by atoms with Gasteiger partial charge in [0.15, 0.2) is 0 Å². The van der Waals surface area contributed by atoms with Crippen LogP contribution in [0.25, 0.3) is 21.7 Å². The summed E-state index contributed by atoms with van der Waals surface area (Å²) in [6.07, 6.45) is 2.06. The second-order valence-electron chi connectivity index (χ2n) is 6.91. The van der Waals surface area contributed by atoms with Crippen molar-refractivity contribution in [2.45, 2.75) is 4.90 Å². The zero-order valence-corrected chi connectivity index (χ0v) is 18.7. The van der Waals surface area contributed by atoms with Gasteiger partial charge in [0.25, 0.3) is 5.91 Å². The van der Waals surface area contributed by atoms with Gasteiger partial charge in [-0.1, -0.05) is 48.5 Å². The zero-order valence-electron chi connectivity index (χ0n) is 17.1. The highest BCUT2D eigenvalue weighted by Crippen LogP contribution is 2.33. The van der Waals surface area contributed by atoms with Gasteiger partial charge in [0.2, 0.25) is 16.4 Å². The molecule has 0 atom stereocenters. The van der Waals surface area contributed by atoms with E-state index >= 15 is 0 Å². The van der Waals surface area contributed by atoms with Crippen molar-refractivity contribution in [2.24, 2.45) is 5.14 Å². The van der Waals surface area contributed by atoms with Gasteiger partial charge < -0.3 is 10.6 Å². The highest BCUT2D eigenvalue weighted by atomic mass is 32.2. The number of benzene rings is 3. The highest BCUT2D eigenvalue weighted by molar-refractivity contribution is 7.89. The van der Waals surface area contributed by atoms with Crippen LogP contribution in [0.3, 0.4) is 0 Å². The van der Waals surface area contributed by atoms with Crippen LogP contribution < -0.4 is 15.8 Å². The third-order valence-corrected chi connectivity index (χ3v) is 6.74. The van der Waals surface area contributed by atoms with E-state index in [9.17, 15) is 18.0 Å². The van der Waals surface area contributed by atoms with Gasteiger partial charge >= 0.3 is 0 Å². The minimum absolute atomic E-state index is 0.0319. The molecule has 8 nitrogen and oxygen atoms in total. The number of sulfonamides is 1. The first-order valence-corrected chi connectivity index (χ1v) is 12.0. The number of para-hydroxylation sites is 1. The summed E-state index contributed by atoms with van der Waals surface area (Å²) in [5, 5.41) is 11.4. The van der Waals surface area contributed by atoms with E-state index in [-0.39, 0.29) is 10.8 Å². The number of thiazole rings is 1. The molecule has 1 heterocycles. The number of rotatable bonds is 7. The quantitative estimate of drug-likeness (QED) is 0.346. The molecule has 0 bridgehead atoms. The molecule has 0 saturated heterocycles. The number of carbonyl (C=O) groups is 2. The van der Waals surface area contributed by atoms with Crippen LogP contribution in [0.15, 0.2) is 83.9 Å². The number of carbonyl (C=O) groups excluding carboxylic acids is 2. The zero-order chi connectivity index (χ0) is 23.4. The Kier molecular flexibility index (Phi) is 6.31. The van der Waals surface area contributed by atoms with Gasteiger partial charge in [-0.2, -0.15) is 0 Å². The van der Waals surface area contributed by atoms with Crippen LogP contribution in [0.2, 0.25) is 0 Å². The Bertz CT molecular complexity index is 1450. The molecule has 1 aromatic heterocycles. The third-order valence-electron chi connectivity index (χ3n) is 4.72. The Balaban J connectivity index is 1.63. The predicted molar refractivity (Wildman–Crippen MR) is 128 cm³/mol. The van der Waals surface area contributed by atoms with Crippen molar-refractivity contribution in [3.05, 3.63) is 83.9 Å². The number of hydrogen-bond acceptors (Lipinski definition) is 6. The van der Waals surface area contributed by atoms with Gasteiger partial charge in [-0.05, 0) is 24.3 Å². The number of aromatic nitrogens is 1. The Labute approximate surface area is 194 Å². The molecular formula is C23H18N4O4S2. The minimum atomic E-state index is -3.96. The summed E-state index contributed by atoms with van der Waals surface area (Å²) in [6, 6.07) is 20.3. The Morgan fingerprint density at radius 2 is 1.70 bits per heavy atom. The molecule has 33 heavy (non-hydrogen) atoms. The maximum absolute atomic E-state index is 13.0. The van der Waals surface area contributed by atoms with Crippen LogP contribution in [-0.2, 0) is 14.8 Å². The second kappa shape index (κ2) is 9.33. The first-order valence-electron chi connectivity index (χ1n) is 9.66. The van der Waals surface area contributed by atoms with Crippen molar-refractivity contribution in [3.8, 4) is 21.7 Å². The summed E-state index contributed by atoms with van der Waals surface area (Å²) in [5.41, 5.74) is 2.72. The lowest BCUT2D eigenvalue weighted by Gasteiger charge is -2.13. The van der Waals surface area contributed by atoms with E-state index in [2.05, 4.69) is 15.6 Å². The molecule has 0 aliphatic heterocycles. The Morgan fingerprint density at radius 3 is 2.45 bits per heavy atom. The van der Waals surface area contributed by atoms with Crippen LogP contribution >= 0.6 is 11.3 Å². The average molecular weight is 479 g/mol. The standard InChI is InChI=1S/C23H18N4O4S2/c24-33(30,31)21-11-4-2-9-18(21)17-8-1-3-10-19(17)27-22(29)20-13-25-23(32-20)15-6-5-7-16(12-15)26-14-28/h1-14H,(H,26,28)(H,27,29)(H2,24,30,31). The first-order chi connectivity index (χ1) is 15.9. The first kappa shape index (κ1) is 22.3. The number of hydrogen-bond donors (Lipinski definition) is 3. The van der Waals surface area contributed by atoms with Gasteiger partial charge in [0.05, 0.1) is 11.1 Å². The van der Waals surface area contributed by atoms with Gasteiger partial charge in [0, 0.05) is 28.1 Å². The van der Waals surface area contributed by atoms with Gasteiger partial charge in [-0.15, -0.1) is 11.3 Å². The normalized spacial score (nSPS) is 11.1. The molecule has 3 aromatic carbocycles. The Hall–Kier alpha value is -3.86. The molecule has 4 aromatic rings. The summed E-state index contributed by atoms with van der Waals surface area (Å²) in [7, 11) is -3.96. The van der Waals surface area contributed by atoms with E-state index in [1.54, 1.807) is 60.7 Å². The fourth-order valence-corrected chi connectivity index (χ4v) is 4.83. The second-order valence-corrected chi connectivity index (χ2v) is 9.47. The van der Waals surface area contributed by atoms with Crippen LogP contribution in [0.4, 0.5) is 11.4 Å². The predicted octanol–water partition coefficient (Wildman–Crippen LogP) is 3.95. The molecule has 0 fully saturated rings. The fraction of sp³-hybridized carbons (Fsp3) is 0. The molecule has 4 N–H and O–H groups in total. The van der Waals surface area contributed by atoms with E-state index < -0.39 is 10.0 Å². The van der Waals surface area contributed by atoms with Gasteiger partial charge in [-0.3, -0.25) is 9.59 Å². The van der Waals surface area contributed by atoms with E-state index in [1.807, 2.05) is 6.07 Å². The van der Waals surface area contributed by atoms with Gasteiger partial charge in [-0.25, -0.2) is 18.5 Å². The molecule has 0 saturated carbocycles. The molecule has 0 unspecified atom stereocenters. The number of nitrogens with two attached hydrogens (primary N) is 1. The van der Waals surface area contributed by atoms with Gasteiger partial charge in [0.1, 0.15) is 9.88 Å². The van der Waals surface area contributed by atoms with Crippen LogP contribution in [-0.4, -0.2) is 25.7 Å². The molecular weight excluding hydrogens is 460 g/mol. The van der Waals surface area contributed by atoms with Crippen molar-refractivity contribution in [3.63, 3.8) is 0 Å². The van der Waals surface area contributed by atoms with Crippen LogP contribution in [0.1, 0.15) is 9.67 Å². The molecule has 0 aliphatic carbocycles. The van der Waals surface area contributed by atoms with E-state index in [0.29, 0.717) is 38.8 Å². The Morgan fingerprint density at radius 1 is 0.970 bits per heavy atom. The smallest absolute Gasteiger partial charge is 0.267 e. The van der Waals surface area contributed by atoms with Crippen LogP contribution in [0.5, 0.6) is 0 Å². The van der Waals surface area contributed by atoms with Crippen molar-refractivity contribution >= 4 is 45.1 Å². The fourth-order valence-electron chi connectivity index (χ4n) is 3.27. The molecule has 10 heteroatoms. The lowest BCUT2D eigenvalue weighted by Crippen LogP contribution is -2.14. The average Bonchev–Trinajstić information content (AvgIpc) is 3.30. The summed E-state index contributed by atoms with van der Waals surface area (Å²) in [6.45, 7) is 0. The number of nitrogens with one attached hydrogen (secondary N) is 2. The number of amides is 2. The highest BCUT2D eigenvalue weighted by Gasteiger charge is 2.19. The lowest BCUT2D eigenvalue weighted by atomic mass is 10.0. The summed E-state index contributed by atoms with van der Waals surface area (Å²) < 4.78 is 24.1. The SMILES string of the molecule is NS(=O)(=O)c1ccccc1-c1ccccc1NC(=O)c1cnc(-c2cccc(NC=O)c2)s1. The maximum atomic E-state index is 13.0. The number of primary sulfonamides is 1. The molecule has 0 spiro atoms. The lowest BCUT2D eigenvalue weighted by molar-refractivity contribution is -0.105. The molecule has 166 valence electrons. The van der Waals surface area contributed by atoms with Crippen molar-refractivity contribution in [1.29, 1.82) is 0 Å². The number of anilines is 2. The summed E-state index contributed by atoms with van der Waals surface area (Å²) in [5.74, 6) is -0.388. The summed E-state index contributed by atoms with van der Waals surface area (Å²) in [4.78, 5) is 28.3. The molecule has 4 rings (SSSR count). The van der Waals surface area contributed by atoms with Crippen molar-refractivity contribution in [1.82, 2.24) is 4.98 Å². The molecule has 0 aliphatic rings. The van der Waals surface area contributed by atoms with E-state index in [4.69, 9.17) is 5.14 Å². The van der Waals surface area contributed by atoms with Crippen molar-refractivity contribution < 1.29 is 18.0 Å². The van der Waals surface area contributed by atoms with Crippen molar-refractivity contribution in [2.75, 3.05) is 10.6 Å². The third kappa shape index (κ3) is 4.98. The monoisotopic (exact) mass is 478 g/mol. The summed E-state index contributed by atoms with van der Waals surface area (Å²) >= 11 is 1.19.